The van der Waals surface area contributed by atoms with E-state index in [1.54, 1.807) is 0 Å². The van der Waals surface area contributed by atoms with Crippen LogP contribution in [0.25, 0.3) is 0 Å². The lowest BCUT2D eigenvalue weighted by atomic mass is 9.93. The molecule has 0 fully saturated rings. The molecule has 0 aliphatic rings. The number of rotatable bonds is 5. The quantitative estimate of drug-likeness (QED) is 0.831. The van der Waals surface area contributed by atoms with Gasteiger partial charge in [0.1, 0.15) is 6.10 Å². The van der Waals surface area contributed by atoms with Crippen molar-refractivity contribution in [3.8, 4) is 0 Å². The minimum atomic E-state index is -0.531. The number of aryl methyl sites for hydroxylation is 3. The third-order valence-corrected chi connectivity index (χ3v) is 3.93. The lowest BCUT2D eigenvalue weighted by Crippen LogP contribution is -2.04. The number of unbranched alkanes of at least 4 members (excludes halogenated alkanes) is 1. The van der Waals surface area contributed by atoms with Crippen LogP contribution >= 0.6 is 0 Å². The van der Waals surface area contributed by atoms with E-state index in [2.05, 4.69) is 57.2 Å². The first-order valence-electron chi connectivity index (χ1n) is 7.46. The highest BCUT2D eigenvalue weighted by Gasteiger charge is 2.14. The standard InChI is InChI=1S/C19H24O/c1-4-5-9-16-10-12-17(13-11-16)19(20)18-14(2)7-6-8-15(18)3/h6-8,10-13,19-20H,4-5,9H2,1-3H3. The Kier molecular flexibility index (Phi) is 4.97. The van der Waals surface area contributed by atoms with Crippen molar-refractivity contribution in [3.05, 3.63) is 70.3 Å². The minimum absolute atomic E-state index is 0.531. The summed E-state index contributed by atoms with van der Waals surface area (Å²) in [5.41, 5.74) is 5.65. The smallest absolute Gasteiger partial charge is 0.105 e. The van der Waals surface area contributed by atoms with Gasteiger partial charge in [0.15, 0.2) is 0 Å². The average molecular weight is 268 g/mol. The molecule has 0 amide bonds. The summed E-state index contributed by atoms with van der Waals surface area (Å²) in [6.45, 7) is 6.32. The molecule has 0 heterocycles. The third kappa shape index (κ3) is 3.29. The number of benzene rings is 2. The summed E-state index contributed by atoms with van der Waals surface area (Å²) < 4.78 is 0. The summed E-state index contributed by atoms with van der Waals surface area (Å²) in [6, 6.07) is 14.5. The Bertz CT molecular complexity index is 534. The molecule has 1 heteroatoms. The number of aliphatic hydroxyl groups excluding tert-OH is 1. The van der Waals surface area contributed by atoms with Crippen molar-refractivity contribution < 1.29 is 5.11 Å². The van der Waals surface area contributed by atoms with Crippen molar-refractivity contribution in [1.82, 2.24) is 0 Å². The van der Waals surface area contributed by atoms with E-state index < -0.39 is 6.10 Å². The van der Waals surface area contributed by atoms with Crippen molar-refractivity contribution in [3.63, 3.8) is 0 Å². The zero-order chi connectivity index (χ0) is 14.5. The molecule has 106 valence electrons. The molecule has 2 aromatic carbocycles. The molecule has 1 N–H and O–H groups in total. The Morgan fingerprint density at radius 1 is 0.950 bits per heavy atom. The summed E-state index contributed by atoms with van der Waals surface area (Å²) in [5, 5.41) is 10.6. The van der Waals surface area contributed by atoms with Crippen LogP contribution in [0, 0.1) is 13.8 Å². The Hall–Kier alpha value is -1.60. The molecule has 0 aromatic heterocycles. The number of aliphatic hydroxyl groups is 1. The van der Waals surface area contributed by atoms with Gasteiger partial charge < -0.3 is 5.11 Å². The minimum Gasteiger partial charge on any atom is -0.384 e. The highest BCUT2D eigenvalue weighted by Crippen LogP contribution is 2.27. The fourth-order valence-corrected chi connectivity index (χ4v) is 2.67. The van der Waals surface area contributed by atoms with Gasteiger partial charge in [-0.2, -0.15) is 0 Å². The highest BCUT2D eigenvalue weighted by molar-refractivity contribution is 5.41. The van der Waals surface area contributed by atoms with E-state index in [0.717, 1.165) is 28.7 Å². The Morgan fingerprint density at radius 2 is 1.55 bits per heavy atom. The van der Waals surface area contributed by atoms with Crippen LogP contribution in [0.5, 0.6) is 0 Å². The zero-order valence-electron chi connectivity index (χ0n) is 12.7. The largest absolute Gasteiger partial charge is 0.384 e. The molecule has 2 rings (SSSR count). The lowest BCUT2D eigenvalue weighted by Gasteiger charge is -2.17. The molecular weight excluding hydrogens is 244 g/mol. The molecule has 20 heavy (non-hydrogen) atoms. The molecule has 0 saturated carbocycles. The van der Waals surface area contributed by atoms with Gasteiger partial charge in [0, 0.05) is 0 Å². The molecule has 0 saturated heterocycles. The molecular formula is C19H24O. The maximum atomic E-state index is 10.6. The van der Waals surface area contributed by atoms with Gasteiger partial charge in [-0.15, -0.1) is 0 Å². The summed E-state index contributed by atoms with van der Waals surface area (Å²) in [5.74, 6) is 0. The second-order valence-electron chi connectivity index (χ2n) is 5.55. The average Bonchev–Trinajstić information content (AvgIpc) is 2.45. The van der Waals surface area contributed by atoms with Crippen LogP contribution in [-0.2, 0) is 6.42 Å². The van der Waals surface area contributed by atoms with Crippen LogP contribution in [0.15, 0.2) is 42.5 Å². The van der Waals surface area contributed by atoms with E-state index in [9.17, 15) is 5.11 Å². The van der Waals surface area contributed by atoms with Crippen LogP contribution in [0.4, 0.5) is 0 Å². The van der Waals surface area contributed by atoms with Crippen LogP contribution in [-0.4, -0.2) is 5.11 Å². The van der Waals surface area contributed by atoms with Crippen molar-refractivity contribution in [1.29, 1.82) is 0 Å². The van der Waals surface area contributed by atoms with Gasteiger partial charge in [-0.3, -0.25) is 0 Å². The fraction of sp³-hybridized carbons (Fsp3) is 0.368. The SMILES string of the molecule is CCCCc1ccc(C(O)c2c(C)cccc2C)cc1. The molecule has 0 aliphatic carbocycles. The third-order valence-electron chi connectivity index (χ3n) is 3.93. The van der Waals surface area contributed by atoms with Crippen molar-refractivity contribution in [2.45, 2.75) is 46.1 Å². The molecule has 1 nitrogen and oxygen atoms in total. The lowest BCUT2D eigenvalue weighted by molar-refractivity contribution is 0.219. The van der Waals surface area contributed by atoms with Crippen molar-refractivity contribution in [2.75, 3.05) is 0 Å². The van der Waals surface area contributed by atoms with Gasteiger partial charge in [-0.05, 0) is 54.5 Å². The van der Waals surface area contributed by atoms with Gasteiger partial charge in [0.05, 0.1) is 0 Å². The van der Waals surface area contributed by atoms with E-state index in [1.165, 1.54) is 18.4 Å². The van der Waals surface area contributed by atoms with Crippen molar-refractivity contribution >= 4 is 0 Å². The Morgan fingerprint density at radius 3 is 2.10 bits per heavy atom. The fourth-order valence-electron chi connectivity index (χ4n) is 2.67. The second-order valence-corrected chi connectivity index (χ2v) is 5.55. The monoisotopic (exact) mass is 268 g/mol. The van der Waals surface area contributed by atoms with Crippen molar-refractivity contribution in [2.24, 2.45) is 0 Å². The van der Waals surface area contributed by atoms with Gasteiger partial charge >= 0.3 is 0 Å². The van der Waals surface area contributed by atoms with E-state index in [4.69, 9.17) is 0 Å². The molecule has 1 unspecified atom stereocenters. The van der Waals surface area contributed by atoms with Crippen LogP contribution in [0.1, 0.15) is 53.7 Å². The Balaban J connectivity index is 2.23. The maximum absolute atomic E-state index is 10.6. The first kappa shape index (κ1) is 14.8. The topological polar surface area (TPSA) is 20.2 Å². The predicted molar refractivity (Wildman–Crippen MR) is 85.0 cm³/mol. The summed E-state index contributed by atoms with van der Waals surface area (Å²) in [6.07, 6.45) is 3.03. The van der Waals surface area contributed by atoms with E-state index >= 15 is 0 Å². The summed E-state index contributed by atoms with van der Waals surface area (Å²) in [4.78, 5) is 0. The van der Waals surface area contributed by atoms with E-state index in [0.29, 0.717) is 0 Å². The molecule has 1 atom stereocenters. The van der Waals surface area contributed by atoms with Gasteiger partial charge in [-0.1, -0.05) is 55.8 Å². The molecule has 0 aliphatic heterocycles. The summed E-state index contributed by atoms with van der Waals surface area (Å²) >= 11 is 0. The highest BCUT2D eigenvalue weighted by atomic mass is 16.3. The van der Waals surface area contributed by atoms with E-state index in [1.807, 2.05) is 6.07 Å². The van der Waals surface area contributed by atoms with E-state index in [-0.39, 0.29) is 0 Å². The maximum Gasteiger partial charge on any atom is 0.105 e. The van der Waals surface area contributed by atoms with Crippen LogP contribution in [0.2, 0.25) is 0 Å². The molecule has 0 spiro atoms. The second kappa shape index (κ2) is 6.71. The first-order valence-corrected chi connectivity index (χ1v) is 7.46. The van der Waals surface area contributed by atoms with Gasteiger partial charge in [-0.25, -0.2) is 0 Å². The number of hydrogen-bond donors (Lipinski definition) is 1. The van der Waals surface area contributed by atoms with Gasteiger partial charge in [0.2, 0.25) is 0 Å². The molecule has 2 aromatic rings. The van der Waals surface area contributed by atoms with Crippen LogP contribution in [0.3, 0.4) is 0 Å². The number of hydrogen-bond acceptors (Lipinski definition) is 1. The first-order chi connectivity index (χ1) is 9.63. The normalized spacial score (nSPS) is 12.4. The van der Waals surface area contributed by atoms with Gasteiger partial charge in [0.25, 0.3) is 0 Å². The van der Waals surface area contributed by atoms with Crippen LogP contribution < -0.4 is 0 Å². The predicted octanol–water partition coefficient (Wildman–Crippen LogP) is 4.73. The summed E-state index contributed by atoms with van der Waals surface area (Å²) in [7, 11) is 0. The molecule has 0 bridgehead atoms. The zero-order valence-corrected chi connectivity index (χ0v) is 12.7. The Labute approximate surface area is 122 Å². The molecule has 0 radical (unpaired) electrons.